The summed E-state index contributed by atoms with van der Waals surface area (Å²) < 4.78 is 42.8. The van der Waals surface area contributed by atoms with E-state index in [9.17, 15) is 17.6 Å². The van der Waals surface area contributed by atoms with E-state index < -0.39 is 21.7 Å². The summed E-state index contributed by atoms with van der Waals surface area (Å²) in [6.07, 6.45) is 5.24. The number of anilines is 2. The molecule has 7 nitrogen and oxygen atoms in total. The van der Waals surface area contributed by atoms with Gasteiger partial charge in [0.1, 0.15) is 5.82 Å². The second kappa shape index (κ2) is 9.03. The first kappa shape index (κ1) is 21.3. The lowest BCUT2D eigenvalue weighted by Crippen LogP contribution is -2.18. The van der Waals surface area contributed by atoms with Gasteiger partial charge in [-0.1, -0.05) is 24.3 Å². The number of nitrogens with one attached hydrogen (secondary N) is 2. The van der Waals surface area contributed by atoms with E-state index in [2.05, 4.69) is 15.0 Å². The zero-order valence-electron chi connectivity index (χ0n) is 16.8. The summed E-state index contributed by atoms with van der Waals surface area (Å²) in [5.41, 5.74) is 1.80. The number of carbonyl (C=O) groups excluding carboxylic acids is 1. The number of hydrogen-bond acceptors (Lipinski definition) is 4. The van der Waals surface area contributed by atoms with Crippen LogP contribution in [0.15, 0.2) is 96.4 Å². The summed E-state index contributed by atoms with van der Waals surface area (Å²) in [5, 5.41) is 2.80. The van der Waals surface area contributed by atoms with Gasteiger partial charge in [0.05, 0.1) is 22.5 Å². The Balaban J connectivity index is 1.53. The predicted molar refractivity (Wildman–Crippen MR) is 119 cm³/mol. The highest BCUT2D eigenvalue weighted by atomic mass is 32.2. The minimum absolute atomic E-state index is 0.110. The van der Waals surface area contributed by atoms with Gasteiger partial charge in [-0.15, -0.1) is 0 Å². The number of nitrogens with zero attached hydrogens (tertiary/aromatic N) is 2. The molecule has 0 bridgehead atoms. The largest absolute Gasteiger partial charge is 0.333 e. The number of amides is 1. The molecule has 4 rings (SSSR count). The zero-order valence-corrected chi connectivity index (χ0v) is 17.6. The molecule has 0 radical (unpaired) electrons. The molecule has 1 aromatic heterocycles. The van der Waals surface area contributed by atoms with E-state index in [1.807, 2.05) is 29.0 Å². The zero-order chi connectivity index (χ0) is 22.6. The Bertz CT molecular complexity index is 1340. The van der Waals surface area contributed by atoms with Gasteiger partial charge in [-0.2, -0.15) is 0 Å². The van der Waals surface area contributed by atoms with Crippen LogP contribution in [-0.4, -0.2) is 23.9 Å². The third-order valence-corrected chi connectivity index (χ3v) is 6.03. The maximum absolute atomic E-state index is 13.1. The van der Waals surface area contributed by atoms with E-state index >= 15 is 0 Å². The number of hydrogen-bond donors (Lipinski definition) is 2. The lowest BCUT2D eigenvalue weighted by Gasteiger charge is -2.13. The molecule has 0 aliphatic rings. The number of imidazole rings is 1. The van der Waals surface area contributed by atoms with Crippen LogP contribution in [0.1, 0.15) is 15.9 Å². The smallest absolute Gasteiger partial charge is 0.261 e. The molecule has 0 fully saturated rings. The molecule has 0 spiro atoms. The average molecular weight is 450 g/mol. The minimum Gasteiger partial charge on any atom is -0.333 e. The third kappa shape index (κ3) is 5.01. The van der Waals surface area contributed by atoms with E-state index in [1.165, 1.54) is 12.1 Å². The van der Waals surface area contributed by atoms with E-state index in [1.54, 1.807) is 30.7 Å². The van der Waals surface area contributed by atoms with Crippen molar-refractivity contribution in [1.29, 1.82) is 0 Å². The van der Waals surface area contributed by atoms with Gasteiger partial charge in [0, 0.05) is 24.6 Å². The van der Waals surface area contributed by atoms with Gasteiger partial charge in [0.2, 0.25) is 0 Å². The number of rotatable bonds is 7. The Labute approximate surface area is 184 Å². The summed E-state index contributed by atoms with van der Waals surface area (Å²) in [7, 11) is -4.00. The number of benzene rings is 3. The van der Waals surface area contributed by atoms with Crippen LogP contribution in [0.4, 0.5) is 15.8 Å². The highest BCUT2D eigenvalue weighted by Gasteiger charge is 2.19. The number of sulfonamides is 1. The van der Waals surface area contributed by atoms with Crippen LogP contribution in [0.5, 0.6) is 0 Å². The van der Waals surface area contributed by atoms with Crippen molar-refractivity contribution in [2.45, 2.75) is 11.4 Å². The Kier molecular flexibility index (Phi) is 6.00. The molecule has 1 amide bonds. The molecule has 0 saturated heterocycles. The number of halogens is 1. The molecule has 0 atom stereocenters. The Morgan fingerprint density at radius 2 is 1.78 bits per heavy atom. The van der Waals surface area contributed by atoms with Crippen molar-refractivity contribution in [3.05, 3.63) is 108 Å². The maximum atomic E-state index is 13.1. The summed E-state index contributed by atoms with van der Waals surface area (Å²) in [6, 6.07) is 18.0. The highest BCUT2D eigenvalue weighted by molar-refractivity contribution is 7.92. The van der Waals surface area contributed by atoms with E-state index in [4.69, 9.17) is 0 Å². The van der Waals surface area contributed by atoms with Crippen LogP contribution in [0.2, 0.25) is 0 Å². The van der Waals surface area contributed by atoms with Crippen LogP contribution in [0, 0.1) is 5.82 Å². The van der Waals surface area contributed by atoms with Gasteiger partial charge in [-0.25, -0.2) is 17.8 Å². The van der Waals surface area contributed by atoms with Crippen LogP contribution in [0.3, 0.4) is 0 Å². The van der Waals surface area contributed by atoms with Gasteiger partial charge < -0.3 is 9.88 Å². The van der Waals surface area contributed by atoms with Gasteiger partial charge in [-0.05, 0) is 54.1 Å². The van der Waals surface area contributed by atoms with Crippen LogP contribution >= 0.6 is 0 Å². The number of carbonyl (C=O) groups is 1. The molecular formula is C23H19FN4O3S. The summed E-state index contributed by atoms with van der Waals surface area (Å²) >= 11 is 0. The molecule has 0 saturated carbocycles. The molecule has 4 aromatic rings. The standard InChI is InChI=1S/C23H19FN4O3S/c24-18-8-10-20(11-9-18)32(30,31)27-22-7-2-1-6-21(22)23(29)26-19-5-3-4-17(14-19)15-28-13-12-25-16-28/h1-14,16,27H,15H2,(H,26,29). The molecule has 0 aliphatic carbocycles. The van der Waals surface area contributed by atoms with Crippen molar-refractivity contribution in [1.82, 2.24) is 9.55 Å². The molecule has 3 aromatic carbocycles. The SMILES string of the molecule is O=C(Nc1cccc(Cn2ccnc2)c1)c1ccccc1NS(=O)(=O)c1ccc(F)cc1. The van der Waals surface area contributed by atoms with E-state index in [-0.39, 0.29) is 16.1 Å². The summed E-state index contributed by atoms with van der Waals surface area (Å²) in [5.74, 6) is -1.01. The minimum atomic E-state index is -4.00. The quantitative estimate of drug-likeness (QED) is 0.443. The van der Waals surface area contributed by atoms with Crippen molar-refractivity contribution in [2.75, 3.05) is 10.0 Å². The van der Waals surface area contributed by atoms with Crippen molar-refractivity contribution < 1.29 is 17.6 Å². The highest BCUT2D eigenvalue weighted by Crippen LogP contribution is 2.22. The summed E-state index contributed by atoms with van der Waals surface area (Å²) in [6.45, 7) is 0.595. The van der Waals surface area contributed by atoms with Crippen LogP contribution in [-0.2, 0) is 16.6 Å². The van der Waals surface area contributed by atoms with Crippen LogP contribution < -0.4 is 10.0 Å². The molecular weight excluding hydrogens is 431 g/mol. The number of para-hydroxylation sites is 1. The van der Waals surface area contributed by atoms with Gasteiger partial charge in [0.25, 0.3) is 15.9 Å². The molecule has 32 heavy (non-hydrogen) atoms. The first-order valence-electron chi connectivity index (χ1n) is 9.64. The topological polar surface area (TPSA) is 93.1 Å². The Hall–Kier alpha value is -3.98. The molecule has 2 N–H and O–H groups in total. The van der Waals surface area contributed by atoms with Gasteiger partial charge in [-0.3, -0.25) is 9.52 Å². The second-order valence-electron chi connectivity index (χ2n) is 6.99. The van der Waals surface area contributed by atoms with Crippen molar-refractivity contribution in [2.24, 2.45) is 0 Å². The predicted octanol–water partition coefficient (Wildman–Crippen LogP) is 4.12. The monoisotopic (exact) mass is 450 g/mol. The van der Waals surface area contributed by atoms with Gasteiger partial charge in [0.15, 0.2) is 0 Å². The third-order valence-electron chi connectivity index (χ3n) is 4.65. The van der Waals surface area contributed by atoms with E-state index in [0.717, 1.165) is 29.8 Å². The fourth-order valence-corrected chi connectivity index (χ4v) is 4.20. The maximum Gasteiger partial charge on any atom is 0.261 e. The first-order chi connectivity index (χ1) is 15.4. The molecule has 0 aliphatic heterocycles. The Morgan fingerprint density at radius 3 is 2.53 bits per heavy atom. The number of aromatic nitrogens is 2. The molecule has 9 heteroatoms. The van der Waals surface area contributed by atoms with E-state index in [0.29, 0.717) is 12.2 Å². The fourth-order valence-electron chi connectivity index (χ4n) is 3.12. The second-order valence-corrected chi connectivity index (χ2v) is 8.68. The fraction of sp³-hybridized carbons (Fsp3) is 0.0435. The summed E-state index contributed by atoms with van der Waals surface area (Å²) in [4.78, 5) is 16.8. The molecule has 0 unspecified atom stereocenters. The lowest BCUT2D eigenvalue weighted by molar-refractivity contribution is 0.102. The Morgan fingerprint density at radius 1 is 1.00 bits per heavy atom. The molecule has 1 heterocycles. The van der Waals surface area contributed by atoms with Crippen molar-refractivity contribution in [3.8, 4) is 0 Å². The van der Waals surface area contributed by atoms with Gasteiger partial charge >= 0.3 is 0 Å². The lowest BCUT2D eigenvalue weighted by atomic mass is 10.1. The average Bonchev–Trinajstić information content (AvgIpc) is 3.27. The molecule has 162 valence electrons. The normalized spacial score (nSPS) is 11.2. The van der Waals surface area contributed by atoms with Crippen molar-refractivity contribution in [3.63, 3.8) is 0 Å². The first-order valence-corrected chi connectivity index (χ1v) is 11.1. The van der Waals surface area contributed by atoms with Crippen molar-refractivity contribution >= 4 is 27.3 Å². The van der Waals surface area contributed by atoms with Crippen LogP contribution in [0.25, 0.3) is 0 Å².